The number of rotatable bonds is 4. The van der Waals surface area contributed by atoms with Gasteiger partial charge in [-0.1, -0.05) is 11.6 Å². The van der Waals surface area contributed by atoms with Crippen LogP contribution in [0, 0.1) is 17.0 Å². The molecule has 0 saturated carbocycles. The van der Waals surface area contributed by atoms with Crippen molar-refractivity contribution in [1.29, 1.82) is 0 Å². The predicted octanol–water partition coefficient (Wildman–Crippen LogP) is 1.72. The normalized spacial score (nSPS) is 14.5. The molecular formula is C11H16N2O3. The van der Waals surface area contributed by atoms with Crippen LogP contribution in [0.3, 0.4) is 0 Å². The lowest BCUT2D eigenvalue weighted by molar-refractivity contribution is -0.386. The van der Waals surface area contributed by atoms with Gasteiger partial charge < -0.3 is 10.5 Å². The summed E-state index contributed by atoms with van der Waals surface area (Å²) in [6, 6.07) is 4.93. The Morgan fingerprint density at radius 3 is 2.62 bits per heavy atom. The van der Waals surface area contributed by atoms with E-state index in [2.05, 4.69) is 0 Å². The van der Waals surface area contributed by atoms with Gasteiger partial charge in [0.2, 0.25) is 0 Å². The summed E-state index contributed by atoms with van der Waals surface area (Å²) in [5.74, 6) is 0. The lowest BCUT2D eigenvalue weighted by atomic mass is 9.92. The number of hydrogen-bond acceptors (Lipinski definition) is 4. The average molecular weight is 224 g/mol. The highest BCUT2D eigenvalue weighted by Crippen LogP contribution is 2.32. The van der Waals surface area contributed by atoms with Crippen molar-refractivity contribution in [3.63, 3.8) is 0 Å². The molecule has 1 aromatic rings. The fourth-order valence-corrected chi connectivity index (χ4v) is 1.54. The molecule has 5 heteroatoms. The number of aryl methyl sites for hydroxylation is 1. The van der Waals surface area contributed by atoms with Crippen LogP contribution in [0.25, 0.3) is 0 Å². The molecule has 0 saturated heterocycles. The van der Waals surface area contributed by atoms with E-state index in [1.807, 2.05) is 6.92 Å². The summed E-state index contributed by atoms with van der Waals surface area (Å²) in [6.07, 6.45) is 0. The molecule has 0 aliphatic heterocycles. The molecule has 0 aliphatic carbocycles. The van der Waals surface area contributed by atoms with E-state index in [-0.39, 0.29) is 12.2 Å². The monoisotopic (exact) mass is 224 g/mol. The van der Waals surface area contributed by atoms with Crippen molar-refractivity contribution in [2.75, 3.05) is 13.7 Å². The second-order valence-corrected chi connectivity index (χ2v) is 3.92. The van der Waals surface area contributed by atoms with Crippen LogP contribution in [0.4, 0.5) is 5.69 Å². The van der Waals surface area contributed by atoms with Gasteiger partial charge in [0.1, 0.15) is 5.60 Å². The van der Waals surface area contributed by atoms with Gasteiger partial charge >= 0.3 is 0 Å². The van der Waals surface area contributed by atoms with Crippen molar-refractivity contribution in [3.8, 4) is 0 Å². The van der Waals surface area contributed by atoms with Gasteiger partial charge in [-0.3, -0.25) is 10.1 Å². The summed E-state index contributed by atoms with van der Waals surface area (Å²) in [5.41, 5.74) is 6.30. The fraction of sp³-hybridized carbons (Fsp3) is 0.455. The van der Waals surface area contributed by atoms with Crippen LogP contribution in [0.5, 0.6) is 0 Å². The maximum Gasteiger partial charge on any atom is 0.275 e. The zero-order chi connectivity index (χ0) is 12.3. The minimum absolute atomic E-state index is 0.0420. The minimum Gasteiger partial charge on any atom is -0.372 e. The van der Waals surface area contributed by atoms with Gasteiger partial charge in [-0.2, -0.15) is 0 Å². The fourth-order valence-electron chi connectivity index (χ4n) is 1.54. The first kappa shape index (κ1) is 12.6. The third-order valence-corrected chi connectivity index (χ3v) is 2.76. The van der Waals surface area contributed by atoms with Crippen LogP contribution in [0.1, 0.15) is 18.1 Å². The smallest absolute Gasteiger partial charge is 0.275 e. The minimum atomic E-state index is -0.825. The predicted molar refractivity (Wildman–Crippen MR) is 61.2 cm³/mol. The Morgan fingerprint density at radius 1 is 1.56 bits per heavy atom. The van der Waals surface area contributed by atoms with Crippen molar-refractivity contribution in [2.24, 2.45) is 5.73 Å². The largest absolute Gasteiger partial charge is 0.372 e. The third-order valence-electron chi connectivity index (χ3n) is 2.76. The molecular weight excluding hydrogens is 208 g/mol. The lowest BCUT2D eigenvalue weighted by Crippen LogP contribution is -2.34. The van der Waals surface area contributed by atoms with Crippen molar-refractivity contribution in [1.82, 2.24) is 0 Å². The number of nitrogens with zero attached hydrogens (tertiary/aromatic N) is 1. The number of benzene rings is 1. The Bertz CT molecular complexity index is 400. The molecule has 0 heterocycles. The summed E-state index contributed by atoms with van der Waals surface area (Å²) >= 11 is 0. The van der Waals surface area contributed by atoms with Crippen LogP contribution in [-0.2, 0) is 10.3 Å². The van der Waals surface area contributed by atoms with Crippen molar-refractivity contribution >= 4 is 5.69 Å². The van der Waals surface area contributed by atoms with Gasteiger partial charge in [-0.15, -0.1) is 0 Å². The molecule has 0 aromatic heterocycles. The second-order valence-electron chi connectivity index (χ2n) is 3.92. The summed E-state index contributed by atoms with van der Waals surface area (Å²) in [5, 5.41) is 10.9. The number of ether oxygens (including phenoxy) is 1. The molecule has 5 nitrogen and oxygen atoms in total. The highest BCUT2D eigenvalue weighted by Gasteiger charge is 2.32. The summed E-state index contributed by atoms with van der Waals surface area (Å²) in [4.78, 5) is 10.5. The standard InChI is InChI=1S/C11H16N2O3/c1-8-4-5-10(13(14)15)9(6-8)11(2,7-12)16-3/h4-6H,7,12H2,1-3H3. The molecule has 0 fully saturated rings. The first-order valence-corrected chi connectivity index (χ1v) is 4.95. The number of nitro benzene ring substituents is 1. The highest BCUT2D eigenvalue weighted by molar-refractivity contribution is 5.46. The Morgan fingerprint density at radius 2 is 2.19 bits per heavy atom. The number of hydrogen-bond donors (Lipinski definition) is 1. The summed E-state index contributed by atoms with van der Waals surface area (Å²) in [6.45, 7) is 3.81. The molecule has 0 spiro atoms. The van der Waals surface area contributed by atoms with E-state index in [0.29, 0.717) is 5.56 Å². The quantitative estimate of drug-likeness (QED) is 0.624. The number of methoxy groups -OCH3 is 1. The van der Waals surface area contributed by atoms with E-state index in [9.17, 15) is 10.1 Å². The van der Waals surface area contributed by atoms with Crippen molar-refractivity contribution in [3.05, 3.63) is 39.4 Å². The number of nitrogens with two attached hydrogens (primary N) is 1. The van der Waals surface area contributed by atoms with Crippen LogP contribution in [0.15, 0.2) is 18.2 Å². The first-order chi connectivity index (χ1) is 7.44. The molecule has 0 radical (unpaired) electrons. The Balaban J connectivity index is 3.40. The molecule has 1 rings (SSSR count). The van der Waals surface area contributed by atoms with Crippen molar-refractivity contribution < 1.29 is 9.66 Å². The van der Waals surface area contributed by atoms with Crippen LogP contribution >= 0.6 is 0 Å². The zero-order valence-electron chi connectivity index (χ0n) is 9.69. The molecule has 16 heavy (non-hydrogen) atoms. The van der Waals surface area contributed by atoms with E-state index < -0.39 is 10.5 Å². The van der Waals surface area contributed by atoms with Gasteiger partial charge in [-0.05, 0) is 19.9 Å². The van der Waals surface area contributed by atoms with Gasteiger partial charge in [-0.25, -0.2) is 0 Å². The van der Waals surface area contributed by atoms with E-state index in [4.69, 9.17) is 10.5 Å². The Kier molecular flexibility index (Phi) is 3.62. The SMILES string of the molecule is COC(C)(CN)c1cc(C)ccc1[N+](=O)[O-]. The van der Waals surface area contributed by atoms with E-state index in [1.54, 1.807) is 19.1 Å². The highest BCUT2D eigenvalue weighted by atomic mass is 16.6. The first-order valence-electron chi connectivity index (χ1n) is 4.95. The summed E-state index contributed by atoms with van der Waals surface area (Å²) < 4.78 is 5.29. The lowest BCUT2D eigenvalue weighted by Gasteiger charge is -2.26. The topological polar surface area (TPSA) is 78.4 Å². The van der Waals surface area contributed by atoms with Crippen LogP contribution in [0.2, 0.25) is 0 Å². The van der Waals surface area contributed by atoms with Crippen LogP contribution in [-0.4, -0.2) is 18.6 Å². The Hall–Kier alpha value is -1.46. The third kappa shape index (κ3) is 2.20. The van der Waals surface area contributed by atoms with E-state index in [1.165, 1.54) is 13.2 Å². The summed E-state index contributed by atoms with van der Waals surface area (Å²) in [7, 11) is 1.50. The molecule has 2 N–H and O–H groups in total. The maximum absolute atomic E-state index is 10.9. The molecule has 0 amide bonds. The average Bonchev–Trinajstić information content (AvgIpc) is 2.27. The molecule has 1 atom stereocenters. The van der Waals surface area contributed by atoms with Gasteiger partial charge in [0, 0.05) is 19.7 Å². The Labute approximate surface area is 94.4 Å². The van der Waals surface area contributed by atoms with Gasteiger partial charge in [0.25, 0.3) is 5.69 Å². The molecule has 0 bridgehead atoms. The zero-order valence-corrected chi connectivity index (χ0v) is 9.69. The number of nitro groups is 1. The molecule has 1 aromatic carbocycles. The van der Waals surface area contributed by atoms with E-state index >= 15 is 0 Å². The van der Waals surface area contributed by atoms with Gasteiger partial charge in [0.05, 0.1) is 10.5 Å². The van der Waals surface area contributed by atoms with Crippen LogP contribution < -0.4 is 5.73 Å². The van der Waals surface area contributed by atoms with E-state index in [0.717, 1.165) is 5.56 Å². The van der Waals surface area contributed by atoms with Crippen molar-refractivity contribution in [2.45, 2.75) is 19.4 Å². The van der Waals surface area contributed by atoms with Gasteiger partial charge in [0.15, 0.2) is 0 Å². The molecule has 0 aliphatic rings. The molecule has 1 unspecified atom stereocenters. The maximum atomic E-state index is 10.9. The second kappa shape index (κ2) is 4.59. The molecule has 88 valence electrons.